The molecule has 0 atom stereocenters. The number of pyridine rings is 1. The molecule has 3 heterocycles. The van der Waals surface area contributed by atoms with Crippen molar-refractivity contribution in [2.24, 2.45) is 5.92 Å². The van der Waals surface area contributed by atoms with Crippen molar-refractivity contribution in [2.45, 2.75) is 30.9 Å². The summed E-state index contributed by atoms with van der Waals surface area (Å²) in [5.74, 6) is 0.289. The molecule has 33 heavy (non-hydrogen) atoms. The van der Waals surface area contributed by atoms with Crippen molar-refractivity contribution in [2.75, 3.05) is 21.5 Å². The fraction of sp³-hybridized carbons (Fsp3) is 0.364. The molecule has 3 N–H and O–H groups in total. The van der Waals surface area contributed by atoms with Gasteiger partial charge in [-0.1, -0.05) is 12.1 Å². The van der Waals surface area contributed by atoms with Crippen molar-refractivity contribution in [3.8, 4) is 11.1 Å². The summed E-state index contributed by atoms with van der Waals surface area (Å²) in [6.45, 7) is 0. The molecule has 0 radical (unpaired) electrons. The Morgan fingerprint density at radius 3 is 2.39 bits per heavy atom. The minimum Gasteiger partial charge on any atom is -0.346 e. The van der Waals surface area contributed by atoms with Gasteiger partial charge in [0.15, 0.2) is 0 Å². The smallest absolute Gasteiger partial charge is 0.235 e. The highest BCUT2D eigenvalue weighted by Crippen LogP contribution is 2.33. The number of rotatable bonds is 6. The molecule has 11 heteroatoms. The zero-order valence-corrected chi connectivity index (χ0v) is 19.4. The Balaban J connectivity index is 1.37. The van der Waals surface area contributed by atoms with Gasteiger partial charge < -0.3 is 10.3 Å². The molecule has 0 bridgehead atoms. The van der Waals surface area contributed by atoms with Gasteiger partial charge >= 0.3 is 0 Å². The Hall–Kier alpha value is -2.92. The number of sulfonamides is 1. The molecule has 1 saturated heterocycles. The molecule has 1 saturated carbocycles. The standard InChI is InChI=1S/C22H24N4O5S2/c27-22(15-1-2-15)25-20-13-19(18-7-10-23-21(18)24-20)14-3-5-16(6-4-14)26-33(30,31)17-8-11-32(28,29)12-9-17/h3-7,10,13,15,17,26H,1-2,8-9,11-12H2,(H2,23,24,25,27). The van der Waals surface area contributed by atoms with Gasteiger partial charge in [-0.3, -0.25) is 9.52 Å². The number of benzene rings is 1. The van der Waals surface area contributed by atoms with Gasteiger partial charge in [0.2, 0.25) is 15.9 Å². The minimum absolute atomic E-state index is 0.0281. The Morgan fingerprint density at radius 1 is 1.03 bits per heavy atom. The predicted octanol–water partition coefficient (Wildman–Crippen LogP) is 2.90. The number of carbonyl (C=O) groups excluding carboxylic acids is 1. The largest absolute Gasteiger partial charge is 0.346 e. The van der Waals surface area contributed by atoms with Gasteiger partial charge in [0.05, 0.1) is 16.8 Å². The van der Waals surface area contributed by atoms with Gasteiger partial charge in [-0.2, -0.15) is 0 Å². The first-order chi connectivity index (χ1) is 15.7. The van der Waals surface area contributed by atoms with Crippen LogP contribution in [0.1, 0.15) is 25.7 Å². The number of hydrogen-bond donors (Lipinski definition) is 3. The van der Waals surface area contributed by atoms with E-state index in [0.29, 0.717) is 17.2 Å². The van der Waals surface area contributed by atoms with Gasteiger partial charge in [0.1, 0.15) is 21.3 Å². The molecule has 2 aromatic heterocycles. The van der Waals surface area contributed by atoms with E-state index < -0.39 is 25.1 Å². The van der Waals surface area contributed by atoms with Crippen LogP contribution in [-0.2, 0) is 24.7 Å². The molecule has 3 aromatic rings. The number of amides is 1. The van der Waals surface area contributed by atoms with Gasteiger partial charge in [0, 0.05) is 23.2 Å². The second-order valence-electron chi connectivity index (χ2n) is 8.63. The van der Waals surface area contributed by atoms with Crippen LogP contribution in [0.4, 0.5) is 11.5 Å². The van der Waals surface area contributed by atoms with Crippen LogP contribution >= 0.6 is 0 Å². The summed E-state index contributed by atoms with van der Waals surface area (Å²) < 4.78 is 51.2. The lowest BCUT2D eigenvalue weighted by Gasteiger charge is -2.22. The fourth-order valence-electron chi connectivity index (χ4n) is 4.06. The zero-order valence-electron chi connectivity index (χ0n) is 17.7. The molecule has 2 fully saturated rings. The number of sulfone groups is 1. The second-order valence-corrected chi connectivity index (χ2v) is 12.9. The summed E-state index contributed by atoms with van der Waals surface area (Å²) in [4.78, 5) is 19.7. The molecule has 0 unspecified atom stereocenters. The molecule has 5 rings (SSSR count). The van der Waals surface area contributed by atoms with E-state index in [0.717, 1.165) is 29.4 Å². The lowest BCUT2D eigenvalue weighted by Crippen LogP contribution is -2.35. The first-order valence-corrected chi connectivity index (χ1v) is 14.2. The van der Waals surface area contributed by atoms with Crippen LogP contribution < -0.4 is 10.0 Å². The molecule has 2 aliphatic rings. The highest BCUT2D eigenvalue weighted by atomic mass is 32.2. The van der Waals surface area contributed by atoms with Gasteiger partial charge in [-0.05, 0) is 61.1 Å². The van der Waals surface area contributed by atoms with E-state index in [2.05, 4.69) is 20.0 Å². The highest BCUT2D eigenvalue weighted by Gasteiger charge is 2.33. The quantitative estimate of drug-likeness (QED) is 0.488. The summed E-state index contributed by atoms with van der Waals surface area (Å²) >= 11 is 0. The van der Waals surface area contributed by atoms with Crippen LogP contribution in [0.5, 0.6) is 0 Å². The maximum atomic E-state index is 12.7. The third-order valence-electron chi connectivity index (χ3n) is 6.12. The van der Waals surface area contributed by atoms with Crippen LogP contribution in [0.25, 0.3) is 22.2 Å². The first kappa shape index (κ1) is 21.9. The SMILES string of the molecule is O=C(Nc1cc(-c2ccc(NS(=O)(=O)C3CCS(=O)(=O)CC3)cc2)c2cc[nH]c2n1)C1CC1. The van der Waals surface area contributed by atoms with E-state index in [1.165, 1.54) is 0 Å². The number of aromatic amines is 1. The Labute approximate surface area is 192 Å². The van der Waals surface area contributed by atoms with Crippen molar-refractivity contribution < 1.29 is 21.6 Å². The minimum atomic E-state index is -3.69. The molecular formula is C22H24N4O5S2. The fourth-order valence-corrected chi connectivity index (χ4v) is 7.34. The molecule has 1 aliphatic heterocycles. The number of aromatic nitrogens is 2. The Bertz CT molecular complexity index is 1410. The molecular weight excluding hydrogens is 464 g/mol. The van der Waals surface area contributed by atoms with Crippen molar-refractivity contribution >= 4 is 48.3 Å². The Morgan fingerprint density at radius 2 is 1.73 bits per heavy atom. The Kier molecular flexibility index (Phi) is 5.40. The van der Waals surface area contributed by atoms with Crippen LogP contribution in [0, 0.1) is 5.92 Å². The summed E-state index contributed by atoms with van der Waals surface area (Å²) in [6.07, 6.45) is 3.79. The topological polar surface area (TPSA) is 138 Å². The van der Waals surface area contributed by atoms with Gasteiger partial charge in [-0.25, -0.2) is 21.8 Å². The van der Waals surface area contributed by atoms with Crippen LogP contribution in [0.2, 0.25) is 0 Å². The van der Waals surface area contributed by atoms with Crippen molar-refractivity contribution in [1.82, 2.24) is 9.97 Å². The molecule has 9 nitrogen and oxygen atoms in total. The molecule has 0 spiro atoms. The summed E-state index contributed by atoms with van der Waals surface area (Å²) in [7, 11) is -6.83. The molecule has 1 aromatic carbocycles. The number of hydrogen-bond acceptors (Lipinski definition) is 6. The number of carbonyl (C=O) groups is 1. The monoisotopic (exact) mass is 488 g/mol. The first-order valence-electron chi connectivity index (χ1n) is 10.8. The van der Waals surface area contributed by atoms with Gasteiger partial charge in [0.25, 0.3) is 0 Å². The molecule has 1 amide bonds. The molecule has 174 valence electrons. The van der Waals surface area contributed by atoms with E-state index in [-0.39, 0.29) is 36.2 Å². The number of nitrogens with zero attached hydrogens (tertiary/aromatic N) is 1. The summed E-state index contributed by atoms with van der Waals surface area (Å²) in [5.41, 5.74) is 2.76. The highest BCUT2D eigenvalue weighted by molar-refractivity contribution is 7.94. The number of H-pyrrole nitrogens is 1. The maximum absolute atomic E-state index is 12.7. The number of fused-ring (bicyclic) bond motifs is 1. The number of nitrogens with one attached hydrogen (secondary N) is 3. The molecule has 1 aliphatic carbocycles. The zero-order chi connectivity index (χ0) is 23.2. The van der Waals surface area contributed by atoms with Crippen molar-refractivity contribution in [3.63, 3.8) is 0 Å². The third-order valence-corrected chi connectivity index (χ3v) is 9.71. The lowest BCUT2D eigenvalue weighted by atomic mass is 10.0. The normalized spacial score (nSPS) is 18.8. The second kappa shape index (κ2) is 8.14. The number of anilines is 2. The predicted molar refractivity (Wildman–Crippen MR) is 127 cm³/mol. The van der Waals surface area contributed by atoms with E-state index in [4.69, 9.17) is 0 Å². The van der Waals surface area contributed by atoms with Crippen molar-refractivity contribution in [1.29, 1.82) is 0 Å². The van der Waals surface area contributed by atoms with Crippen molar-refractivity contribution in [3.05, 3.63) is 42.6 Å². The van der Waals surface area contributed by atoms with E-state index in [9.17, 15) is 21.6 Å². The van der Waals surface area contributed by atoms with Gasteiger partial charge in [-0.15, -0.1) is 0 Å². The van der Waals surface area contributed by atoms with Crippen LogP contribution in [0.15, 0.2) is 42.6 Å². The average molecular weight is 489 g/mol. The maximum Gasteiger partial charge on any atom is 0.235 e. The average Bonchev–Trinajstić information content (AvgIpc) is 3.51. The summed E-state index contributed by atoms with van der Waals surface area (Å²) in [6, 6.07) is 10.7. The van der Waals surface area contributed by atoms with E-state index >= 15 is 0 Å². The third kappa shape index (κ3) is 4.74. The van der Waals surface area contributed by atoms with E-state index in [1.807, 2.05) is 12.1 Å². The van der Waals surface area contributed by atoms with Crippen LogP contribution in [0.3, 0.4) is 0 Å². The van der Waals surface area contributed by atoms with E-state index in [1.54, 1.807) is 30.5 Å². The van der Waals surface area contributed by atoms with Crippen LogP contribution in [-0.4, -0.2) is 49.5 Å². The summed E-state index contributed by atoms with van der Waals surface area (Å²) in [5, 5.41) is 3.04. The lowest BCUT2D eigenvalue weighted by molar-refractivity contribution is -0.117.